The number of amidine groups is 1. The number of carbonyl (C=O) groups excluding carboxylic acids is 2. The van der Waals surface area contributed by atoms with Crippen LogP contribution >= 0.6 is 11.8 Å². The molecule has 0 N–H and O–H groups in total. The molecular formula is C14H16N2O3S. The third-order valence-electron chi connectivity index (χ3n) is 3.61. The second-order valence-corrected chi connectivity index (χ2v) is 6.10. The number of fused-ring (bicyclic) bond motifs is 2. The lowest BCUT2D eigenvalue weighted by molar-refractivity contribution is -0.141. The highest BCUT2D eigenvalue weighted by Crippen LogP contribution is 2.47. The number of rotatable bonds is 3. The lowest BCUT2D eigenvalue weighted by Crippen LogP contribution is -2.27. The molecule has 1 unspecified atom stereocenters. The second-order valence-electron chi connectivity index (χ2n) is 4.99. The molecule has 0 aromatic heterocycles. The maximum atomic E-state index is 12.2. The number of ether oxygens (including phenoxy) is 1. The van der Waals surface area contributed by atoms with Gasteiger partial charge in [-0.2, -0.15) is 4.99 Å². The molecule has 0 saturated heterocycles. The molecule has 0 aromatic carbocycles. The van der Waals surface area contributed by atoms with Crippen molar-refractivity contribution in [3.05, 3.63) is 10.5 Å². The molecule has 1 amide bonds. The number of nitrogens with zero attached hydrogens (tertiary/aromatic N) is 2. The fourth-order valence-corrected chi connectivity index (χ4v) is 4.13. The van der Waals surface area contributed by atoms with E-state index in [1.807, 2.05) is 0 Å². The molecule has 5 nitrogen and oxygen atoms in total. The standard InChI is InChI=1S/C14H16N2O3S/c1-2-19-11(17)7-10-15-13(18)12-8-5-3-4-6-9(8)20-14(12)16-10/h12H,2-7H2,1H3. The van der Waals surface area contributed by atoms with E-state index in [2.05, 4.69) is 9.98 Å². The molecule has 2 heterocycles. The van der Waals surface area contributed by atoms with Crippen LogP contribution in [0, 0.1) is 5.92 Å². The van der Waals surface area contributed by atoms with Gasteiger partial charge < -0.3 is 4.74 Å². The lowest BCUT2D eigenvalue weighted by atomic mass is 9.89. The Balaban J connectivity index is 1.78. The van der Waals surface area contributed by atoms with Gasteiger partial charge in [0.25, 0.3) is 5.91 Å². The summed E-state index contributed by atoms with van der Waals surface area (Å²) in [6.45, 7) is 2.07. The summed E-state index contributed by atoms with van der Waals surface area (Å²) in [4.78, 5) is 33.4. The average Bonchev–Trinajstić information content (AvgIpc) is 2.77. The monoisotopic (exact) mass is 292 g/mol. The van der Waals surface area contributed by atoms with Gasteiger partial charge in [0.2, 0.25) is 0 Å². The van der Waals surface area contributed by atoms with Crippen LogP contribution in [0.3, 0.4) is 0 Å². The van der Waals surface area contributed by atoms with Crippen molar-refractivity contribution in [2.45, 2.75) is 39.0 Å². The van der Waals surface area contributed by atoms with Crippen molar-refractivity contribution in [3.63, 3.8) is 0 Å². The molecule has 0 fully saturated rings. The van der Waals surface area contributed by atoms with Gasteiger partial charge in [-0.05, 0) is 43.1 Å². The van der Waals surface area contributed by atoms with Gasteiger partial charge in [-0.25, -0.2) is 4.99 Å². The highest BCUT2D eigenvalue weighted by atomic mass is 32.2. The third kappa shape index (κ3) is 2.44. The first-order chi connectivity index (χ1) is 9.69. The zero-order chi connectivity index (χ0) is 14.1. The van der Waals surface area contributed by atoms with Crippen molar-refractivity contribution in [2.75, 3.05) is 6.61 Å². The molecular weight excluding hydrogens is 276 g/mol. The predicted molar refractivity (Wildman–Crippen MR) is 77.7 cm³/mol. The van der Waals surface area contributed by atoms with E-state index in [0.29, 0.717) is 6.61 Å². The van der Waals surface area contributed by atoms with Crippen LogP contribution < -0.4 is 0 Å². The van der Waals surface area contributed by atoms with Crippen LogP contribution in [0.1, 0.15) is 39.0 Å². The molecule has 2 aliphatic heterocycles. The summed E-state index contributed by atoms with van der Waals surface area (Å²) in [6, 6.07) is 0. The zero-order valence-corrected chi connectivity index (χ0v) is 12.2. The Bertz CT molecular complexity index is 563. The van der Waals surface area contributed by atoms with Crippen LogP contribution in [-0.4, -0.2) is 29.4 Å². The summed E-state index contributed by atoms with van der Waals surface area (Å²) >= 11 is 1.60. The average molecular weight is 292 g/mol. The van der Waals surface area contributed by atoms with Gasteiger partial charge in [0.05, 0.1) is 11.7 Å². The van der Waals surface area contributed by atoms with Crippen molar-refractivity contribution in [2.24, 2.45) is 15.9 Å². The Morgan fingerprint density at radius 1 is 1.35 bits per heavy atom. The third-order valence-corrected chi connectivity index (χ3v) is 4.86. The zero-order valence-electron chi connectivity index (χ0n) is 11.3. The molecule has 3 aliphatic rings. The Kier molecular flexibility index (Phi) is 3.74. The number of allylic oxidation sites excluding steroid dienone is 1. The van der Waals surface area contributed by atoms with Gasteiger partial charge in [-0.3, -0.25) is 9.59 Å². The molecule has 3 rings (SSSR count). The van der Waals surface area contributed by atoms with Gasteiger partial charge in [-0.1, -0.05) is 11.8 Å². The van der Waals surface area contributed by atoms with Crippen LogP contribution in [0.15, 0.2) is 20.5 Å². The molecule has 1 aliphatic carbocycles. The lowest BCUT2D eigenvalue weighted by Gasteiger charge is -2.18. The largest absolute Gasteiger partial charge is 0.466 e. The van der Waals surface area contributed by atoms with Crippen molar-refractivity contribution in [1.29, 1.82) is 0 Å². The van der Waals surface area contributed by atoms with E-state index in [9.17, 15) is 9.59 Å². The molecule has 106 valence electrons. The molecule has 1 atom stereocenters. The number of amides is 1. The minimum Gasteiger partial charge on any atom is -0.466 e. The topological polar surface area (TPSA) is 68.1 Å². The highest BCUT2D eigenvalue weighted by molar-refractivity contribution is 8.17. The van der Waals surface area contributed by atoms with Gasteiger partial charge >= 0.3 is 5.97 Å². The normalized spacial score (nSPS) is 24.9. The van der Waals surface area contributed by atoms with Crippen molar-refractivity contribution < 1.29 is 14.3 Å². The molecule has 6 heteroatoms. The summed E-state index contributed by atoms with van der Waals surface area (Å²) in [6.07, 6.45) is 4.30. The van der Waals surface area contributed by atoms with Crippen molar-refractivity contribution in [1.82, 2.24) is 0 Å². The minimum absolute atomic E-state index is 0.0268. The number of esters is 1. The second kappa shape index (κ2) is 5.52. The fourth-order valence-electron chi connectivity index (χ4n) is 2.76. The first-order valence-corrected chi connectivity index (χ1v) is 7.76. The van der Waals surface area contributed by atoms with Crippen LogP contribution in [0.5, 0.6) is 0 Å². The van der Waals surface area contributed by atoms with Crippen LogP contribution in [0.4, 0.5) is 0 Å². The van der Waals surface area contributed by atoms with Gasteiger partial charge in [-0.15, -0.1) is 0 Å². The summed E-state index contributed by atoms with van der Waals surface area (Å²) in [5, 5.41) is 0.802. The fraction of sp³-hybridized carbons (Fsp3) is 0.571. The van der Waals surface area contributed by atoms with Crippen LogP contribution in [0.25, 0.3) is 0 Å². The maximum absolute atomic E-state index is 12.2. The number of hydrogen-bond acceptors (Lipinski definition) is 5. The number of carbonyl (C=O) groups is 2. The smallest absolute Gasteiger partial charge is 0.313 e. The minimum atomic E-state index is -0.387. The van der Waals surface area contributed by atoms with Crippen LogP contribution in [-0.2, 0) is 14.3 Å². The van der Waals surface area contributed by atoms with E-state index >= 15 is 0 Å². The molecule has 0 radical (unpaired) electrons. The Hall–Kier alpha value is -1.43. The van der Waals surface area contributed by atoms with E-state index < -0.39 is 0 Å². The van der Waals surface area contributed by atoms with E-state index in [4.69, 9.17) is 4.74 Å². The predicted octanol–water partition coefficient (Wildman–Crippen LogP) is 2.47. The Labute approximate surface area is 121 Å². The molecule has 0 aromatic rings. The highest BCUT2D eigenvalue weighted by Gasteiger charge is 2.40. The Morgan fingerprint density at radius 3 is 2.95 bits per heavy atom. The SMILES string of the molecule is CCOC(=O)CC1=NC(=O)C2C(=N1)SC1=C2CCCC1. The molecule has 0 spiro atoms. The van der Waals surface area contributed by atoms with E-state index in [-0.39, 0.29) is 30.1 Å². The van der Waals surface area contributed by atoms with E-state index in [1.165, 1.54) is 16.9 Å². The van der Waals surface area contributed by atoms with Crippen LogP contribution in [0.2, 0.25) is 0 Å². The number of hydrogen-bond donors (Lipinski definition) is 0. The van der Waals surface area contributed by atoms with Crippen molar-refractivity contribution >= 4 is 34.5 Å². The molecule has 0 bridgehead atoms. The summed E-state index contributed by atoms with van der Waals surface area (Å²) in [7, 11) is 0. The number of aliphatic imine (C=N–C) groups is 2. The molecule has 20 heavy (non-hydrogen) atoms. The summed E-state index contributed by atoms with van der Waals surface area (Å²) in [5.74, 6) is -0.537. The van der Waals surface area contributed by atoms with Gasteiger partial charge in [0.15, 0.2) is 0 Å². The van der Waals surface area contributed by atoms with E-state index in [0.717, 1.165) is 24.3 Å². The quantitative estimate of drug-likeness (QED) is 0.749. The van der Waals surface area contributed by atoms with Gasteiger partial charge in [0, 0.05) is 0 Å². The number of thioether (sulfide) groups is 1. The van der Waals surface area contributed by atoms with E-state index in [1.54, 1.807) is 18.7 Å². The molecule has 0 saturated carbocycles. The first kappa shape index (κ1) is 13.5. The van der Waals surface area contributed by atoms with Crippen molar-refractivity contribution in [3.8, 4) is 0 Å². The maximum Gasteiger partial charge on any atom is 0.313 e. The first-order valence-electron chi connectivity index (χ1n) is 6.94. The summed E-state index contributed by atoms with van der Waals surface area (Å²) < 4.78 is 4.87. The summed E-state index contributed by atoms with van der Waals surface area (Å²) in [5.41, 5.74) is 1.21. The Morgan fingerprint density at radius 2 is 2.15 bits per heavy atom. The van der Waals surface area contributed by atoms with Gasteiger partial charge in [0.1, 0.15) is 18.2 Å².